The molecule has 9 aliphatic rings. The number of imide groups is 3. The maximum absolute atomic E-state index is 16.0. The molecule has 0 aliphatic carbocycles. The maximum Gasteiger partial charge on any atom is 0.255 e. The topological polar surface area (TPSA) is 267 Å². The predicted molar refractivity (Wildman–Crippen MR) is 361 cm³/mol. The van der Waals surface area contributed by atoms with Gasteiger partial charge in [-0.15, -0.1) is 0 Å². The standard InChI is InChI=1S/C25H27FN4O4.2C25H26FN3O5/c26-20-5-4-16(14-29-8-10-34-11-9-29)12-17(20)13-27-21-3-1-2-18-19(21)15-30(25(18)33)22-6-7-23(31)28-24(22)32;2*26-20-5-4-16(13-28-8-10-33-11-9-28)12-17(20)15-34-22-3-1-2-18-19(22)14-29(25(18)32)21-6-7-23(30)27-24(21)31/h1-5,12,22,27H,6-11,13-15H2,(H,28,31,32);2*1-5,12,21H,6-11,13-15H2,(H,27,30,31)/i1D,2D,3D,4D,5D,6D2,7D2,8D2,9D2,10D2,11D2,12D,13D2,14D2,15D2;1D,2D,3D,5D,8D2,9D2,10D2,11D2,12D,13D2,14D2,15D2,21D;1D,2D,3D,5D,8D2,9D2,10D2,11D2,12D,13D2,14D2,15D2. The monoisotopic (exact) mass is 1460 g/mol. The molecule has 3 atom stereocenters. The maximum atomic E-state index is 16.0. The van der Waals surface area contributed by atoms with Gasteiger partial charge in [-0.25, -0.2) is 13.2 Å². The van der Waals surface area contributed by atoms with Crippen LogP contribution in [-0.2, 0) is 102 Å². The molecule has 3 unspecified atom stereocenters. The fourth-order valence-electron chi connectivity index (χ4n) is 9.11. The Morgan fingerprint density at radius 2 is 0.941 bits per heavy atom. The van der Waals surface area contributed by atoms with Crippen LogP contribution in [0.4, 0.5) is 18.9 Å². The van der Waals surface area contributed by atoms with E-state index in [9.17, 15) is 43.2 Å². The van der Waals surface area contributed by atoms with Gasteiger partial charge in [-0.05, 0) is 108 Å². The number of anilines is 1. The number of nitrogens with one attached hydrogen (secondary N) is 4. The van der Waals surface area contributed by atoms with Gasteiger partial charge < -0.3 is 43.7 Å². The summed E-state index contributed by atoms with van der Waals surface area (Å²) in [6, 6.07) is -29.7. The van der Waals surface area contributed by atoms with Crippen molar-refractivity contribution in [2.45, 2.75) is 115 Å². The summed E-state index contributed by atoms with van der Waals surface area (Å²) in [6.07, 6.45) is -9.47. The Balaban J connectivity index is 0.000000204. The number of rotatable bonds is 18. The van der Waals surface area contributed by atoms with E-state index in [0.717, 1.165) is 0 Å². The third-order valence-corrected chi connectivity index (χ3v) is 13.7. The summed E-state index contributed by atoms with van der Waals surface area (Å²) in [5.74, 6) is -21.5. The first-order valence-electron chi connectivity index (χ1n) is 59.8. The van der Waals surface area contributed by atoms with Crippen molar-refractivity contribution >= 4 is 58.9 Å². The van der Waals surface area contributed by atoms with Crippen LogP contribution in [-0.4, -0.2) is 179 Å². The third-order valence-electron chi connectivity index (χ3n) is 13.7. The molecule has 102 heavy (non-hydrogen) atoms. The van der Waals surface area contributed by atoms with Crippen molar-refractivity contribution in [3.05, 3.63) is 193 Å². The van der Waals surface area contributed by atoms with E-state index in [2.05, 4.69) is 14.2 Å². The summed E-state index contributed by atoms with van der Waals surface area (Å²) in [5.41, 5.74) is -18.3. The number of hydrogen-bond acceptors (Lipinski definition) is 18. The molecule has 24 nitrogen and oxygen atoms in total. The van der Waals surface area contributed by atoms with Gasteiger partial charge in [-0.3, -0.25) is 73.8 Å². The van der Waals surface area contributed by atoms with Crippen LogP contribution < -0.4 is 30.7 Å². The molecular weight excluding hydrogens is 1320 g/mol. The number of piperidine rings is 3. The number of morpholine rings is 3. The molecule has 4 N–H and O–H groups in total. The number of nitrogens with zero attached hydrogens (tertiary/aromatic N) is 6. The number of carbonyl (C=O) groups is 9. The van der Waals surface area contributed by atoms with E-state index >= 15 is 13.2 Å². The fourth-order valence-corrected chi connectivity index (χ4v) is 9.11. The second kappa shape index (κ2) is 32.0. The number of carbonyl (C=O) groups excluding carboxylic acids is 9. The van der Waals surface area contributed by atoms with Crippen LogP contribution in [0.5, 0.6) is 11.5 Å². The van der Waals surface area contributed by atoms with Crippen LogP contribution in [0.1, 0.15) is 206 Å². The minimum absolute atomic E-state index is 0.0269. The first kappa shape index (κ1) is 27.4. The molecule has 0 saturated carbocycles. The number of amides is 9. The SMILES string of the molecule is [2H]c1c([2H])c(NC([2H])([2H])c2c([2H])c(C([2H])([2H])N3C([2H])([2H])C([2H])([2H])OC([2H])([2H])C3([2H])[2H])c([2H])c([2H])c2F)c2c(c1[2H])C(=O)N(C1C(=O)NC(=O)C([2H])([2H])C1([2H])[2H])C2([2H])[2H].[2H]c1cc(C([2H])([2H])N2C([2H])([2H])C([2H])([2H])OC([2H])([2H])C2([2H])[2H])c([2H])c(C([2H])([2H])Oc2c([2H])c([2H])c([2H])c3c2C([2H])([2H])N(C2([2H])CCC(=O)NC2=O)C3=O)c1F.[2H]c1cc(C([2H])([2H])N2C([2H])([2H])C([2H])([2H])OC([2H])([2H])C2([2H])[2H])c([2H])c(C([2H])([2H])Oc2c([2H])c([2H])c([2H])c3c2C([2H])([2H])N(C2CCC(=O)NC2=O)C3=O)c1F. The van der Waals surface area contributed by atoms with E-state index in [1.807, 2.05) is 5.32 Å². The minimum Gasteiger partial charge on any atom is -0.488 e. The molecule has 534 valence electrons. The summed E-state index contributed by atoms with van der Waals surface area (Å²) >= 11 is 0. The number of fused-ring (bicyclic) bond motifs is 3. The van der Waals surface area contributed by atoms with Gasteiger partial charge in [0.05, 0.1) is 109 Å². The highest BCUT2D eigenvalue weighted by Crippen LogP contribution is 2.37. The Hall–Kier alpha value is -9.90. The lowest BCUT2D eigenvalue weighted by molar-refractivity contribution is -0.138. The average Bonchev–Trinajstić information content (AvgIpc) is 1.68. The molecule has 9 amide bonds. The van der Waals surface area contributed by atoms with Crippen molar-refractivity contribution in [3.8, 4) is 11.5 Å². The normalized spacial score (nSPS) is 39.9. The van der Waals surface area contributed by atoms with E-state index in [0.29, 0.717) is 0 Å². The third kappa shape index (κ3) is 16.4. The van der Waals surface area contributed by atoms with Gasteiger partial charge in [0.15, 0.2) is 0 Å². The fraction of sp³-hybridized carbons (Fsp3) is 0.400. The molecular formula is C75H79F3N10O14. The van der Waals surface area contributed by atoms with Crippen molar-refractivity contribution in [2.24, 2.45) is 0 Å². The predicted octanol–water partition coefficient (Wildman–Crippen LogP) is 6.03. The van der Waals surface area contributed by atoms with Gasteiger partial charge in [-0.2, -0.15) is 0 Å². The first-order chi connectivity index (χ1) is 73.7. The van der Waals surface area contributed by atoms with E-state index in [1.54, 1.807) is 10.6 Å². The summed E-state index contributed by atoms with van der Waals surface area (Å²) in [5, 5.41) is 6.89. The molecule has 0 spiro atoms. The zero-order chi connectivity index (χ0) is 127. The van der Waals surface area contributed by atoms with Crippen molar-refractivity contribution in [1.82, 2.24) is 45.3 Å². The van der Waals surface area contributed by atoms with Crippen molar-refractivity contribution < 1.29 is 166 Å². The first-order valence-corrected chi connectivity index (χ1v) is 28.3. The molecule has 6 fully saturated rings. The lowest BCUT2D eigenvalue weighted by Crippen LogP contribution is -2.52. The Morgan fingerprint density at radius 1 is 0.500 bits per heavy atom. The quantitative estimate of drug-likeness (QED) is 0.0716. The van der Waals surface area contributed by atoms with Gasteiger partial charge >= 0.3 is 0 Å². The Bertz CT molecular complexity index is 7490. The largest absolute Gasteiger partial charge is 0.488 e. The van der Waals surface area contributed by atoms with Crippen LogP contribution in [0.2, 0.25) is 0 Å². The van der Waals surface area contributed by atoms with Crippen LogP contribution in [0.25, 0.3) is 0 Å². The van der Waals surface area contributed by atoms with Crippen LogP contribution in [0.3, 0.4) is 0 Å². The zero-order valence-electron chi connectivity index (χ0n) is 113. The Kier molecular flexibility index (Phi) is 8.58. The van der Waals surface area contributed by atoms with Crippen molar-refractivity contribution in [1.29, 1.82) is 0 Å². The van der Waals surface area contributed by atoms with Crippen molar-refractivity contribution in [3.63, 3.8) is 0 Å². The van der Waals surface area contributed by atoms with E-state index in [4.69, 9.17) is 95.8 Å². The van der Waals surface area contributed by atoms with Gasteiger partial charge in [0, 0.05) is 177 Å². The molecule has 0 radical (unpaired) electrons. The Labute approximate surface area is 675 Å². The van der Waals surface area contributed by atoms with Gasteiger partial charge in [0.2, 0.25) is 35.4 Å². The zero-order valence-corrected chi connectivity index (χ0v) is 50.2. The van der Waals surface area contributed by atoms with Crippen LogP contribution in [0, 0.1) is 17.5 Å². The molecule has 6 saturated heterocycles. The molecule has 9 heterocycles. The van der Waals surface area contributed by atoms with Gasteiger partial charge in [0.1, 0.15) is 60.2 Å². The van der Waals surface area contributed by atoms with E-state index in [-0.39, 0.29) is 33.3 Å². The lowest BCUT2D eigenvalue weighted by Gasteiger charge is -2.29. The highest BCUT2D eigenvalue weighted by atomic mass is 19.1. The minimum atomic E-state index is -4.20. The second-order valence-electron chi connectivity index (χ2n) is 20.1. The molecule has 9 aliphatic heterocycles. The summed E-state index contributed by atoms with van der Waals surface area (Å²) in [6.45, 7) is -81.4. The summed E-state index contributed by atoms with van der Waals surface area (Å²) < 4.78 is 596. The summed E-state index contributed by atoms with van der Waals surface area (Å²) in [7, 11) is 0. The van der Waals surface area contributed by atoms with Crippen molar-refractivity contribution in [2.75, 3.05) is 83.7 Å². The molecule has 0 aromatic heterocycles. The highest BCUT2D eigenvalue weighted by molar-refractivity contribution is 6.08. The molecule has 6 aromatic carbocycles. The highest BCUT2D eigenvalue weighted by Gasteiger charge is 2.43. The smallest absolute Gasteiger partial charge is 0.255 e. The van der Waals surface area contributed by atoms with Crippen LogP contribution >= 0.6 is 0 Å². The number of halogens is 3. The van der Waals surface area contributed by atoms with E-state index < -0.39 is 453 Å². The number of hydrogen-bond donors (Lipinski definition) is 4. The second-order valence-corrected chi connectivity index (χ2v) is 20.1. The molecule has 6 aromatic rings. The molecule has 27 heteroatoms. The number of ether oxygens (including phenoxy) is 5. The average molecular weight is 1460 g/mol. The number of benzene rings is 6. The molecule has 0 bridgehead atoms. The Morgan fingerprint density at radius 3 is 1.49 bits per heavy atom. The lowest BCUT2D eigenvalue weighted by atomic mass is 10.0. The van der Waals surface area contributed by atoms with E-state index in [1.165, 1.54) is 5.32 Å². The van der Waals surface area contributed by atoms with Gasteiger partial charge in [0.25, 0.3) is 17.7 Å². The van der Waals surface area contributed by atoms with Crippen LogP contribution in [0.15, 0.2) is 109 Å². The summed E-state index contributed by atoms with van der Waals surface area (Å²) in [4.78, 5) is 113. The van der Waals surface area contributed by atoms with Gasteiger partial charge in [-0.1, -0.05) is 36.3 Å². The molecule has 15 rings (SSSR count).